The number of aromatic hydroxyl groups is 4. The molecule has 23 heteroatoms. The molecule has 0 saturated carbocycles. The third kappa shape index (κ3) is 10.5. The normalized spacial score (nSPS) is 32.0. The van der Waals surface area contributed by atoms with Crippen molar-refractivity contribution in [2.24, 2.45) is 0 Å². The van der Waals surface area contributed by atoms with Crippen molar-refractivity contribution < 1.29 is 109 Å². The van der Waals surface area contributed by atoms with Gasteiger partial charge in [-0.05, 0) is 55.8 Å². The monoisotopic (exact) mass is 960 g/mol. The zero-order valence-corrected chi connectivity index (χ0v) is 36.2. The van der Waals surface area contributed by atoms with Crippen LogP contribution in [-0.2, 0) is 23.7 Å². The van der Waals surface area contributed by atoms with Crippen LogP contribution >= 0.6 is 0 Å². The van der Waals surface area contributed by atoms with Crippen molar-refractivity contribution in [2.45, 2.75) is 112 Å². The lowest BCUT2D eigenvalue weighted by Gasteiger charge is -2.46. The summed E-state index contributed by atoms with van der Waals surface area (Å²) in [4.78, 5) is 27.0. The molecular weight excluding hydrogens is 908 g/mol. The molecule has 4 heterocycles. The molecule has 0 aliphatic carbocycles. The van der Waals surface area contributed by atoms with Crippen molar-refractivity contribution in [3.8, 4) is 51.6 Å². The van der Waals surface area contributed by atoms with Crippen molar-refractivity contribution in [3.63, 3.8) is 0 Å². The summed E-state index contributed by atoms with van der Waals surface area (Å²) < 4.78 is 46.0. The second-order valence-electron chi connectivity index (χ2n) is 16.5. The summed E-state index contributed by atoms with van der Waals surface area (Å²) in [7, 11) is 0. The fourth-order valence-electron chi connectivity index (χ4n) is 7.95. The van der Waals surface area contributed by atoms with E-state index in [0.29, 0.717) is 5.56 Å². The number of ether oxygens (including phenoxy) is 7. The molecule has 13 N–H and O–H groups in total. The standard InChI is InChI=1S/C45H52O23/c1-17-33(52)38(57)36(55)30(64-17)16-62-21-13-25(50)32-28(14-21)66-42(20-5-7-26(24(49)12-20)65-31(51)8-4-19-3-6-22(47)23(48)11-19)44(37(32)56)61-10-9-27-43(40(59)34(53)18(2)63-27)68-45-41(60)39(58)35(54)29(15-46)67-45/h3-8,11-14,17-18,27,29-30,33-36,38-41,43,45-50,52-55,57-60H,9-10,15-16H2,1-2H3/b8-4+/t17?,18?,27?,29?,30?,33?,34?,35-,36?,38?,39+,40?,41?,43?,45+/m1/s1. The molecule has 3 aliphatic rings. The zero-order valence-electron chi connectivity index (χ0n) is 36.2. The maximum absolute atomic E-state index is 14.3. The molecule has 0 spiro atoms. The number of hydrogen-bond acceptors (Lipinski definition) is 23. The van der Waals surface area contributed by atoms with Gasteiger partial charge in [0.2, 0.25) is 11.2 Å². The van der Waals surface area contributed by atoms with Gasteiger partial charge in [0.05, 0.1) is 31.5 Å². The second-order valence-corrected chi connectivity index (χ2v) is 16.5. The van der Waals surface area contributed by atoms with Crippen LogP contribution in [0.2, 0.25) is 0 Å². The van der Waals surface area contributed by atoms with Gasteiger partial charge in [0.25, 0.3) is 0 Å². The van der Waals surface area contributed by atoms with E-state index in [-0.39, 0.29) is 40.6 Å². The Kier molecular flexibility index (Phi) is 15.5. The second kappa shape index (κ2) is 20.9. The van der Waals surface area contributed by atoms with Crippen LogP contribution in [0.15, 0.2) is 63.8 Å². The third-order valence-corrected chi connectivity index (χ3v) is 11.8. The number of benzene rings is 3. The van der Waals surface area contributed by atoms with E-state index in [1.54, 1.807) is 0 Å². The highest BCUT2D eigenvalue weighted by atomic mass is 16.7. The molecule has 23 nitrogen and oxygen atoms in total. The van der Waals surface area contributed by atoms with Crippen LogP contribution in [0.4, 0.5) is 0 Å². The van der Waals surface area contributed by atoms with Crippen LogP contribution in [0.5, 0.6) is 40.2 Å². The Bertz CT molecular complexity index is 2510. The fourth-order valence-corrected chi connectivity index (χ4v) is 7.95. The molecule has 370 valence electrons. The molecule has 12 unspecified atom stereocenters. The van der Waals surface area contributed by atoms with E-state index >= 15 is 0 Å². The van der Waals surface area contributed by atoms with Gasteiger partial charge in [-0.15, -0.1) is 0 Å². The SMILES string of the molecule is CC1OC(COc2cc(O)c3c(=O)c(OCCC4OC(C)C(O)C(O)C4O[C@@H]4OC(CO)[C@@H](O)[C@H](O)C4O)c(-c4ccc(OC(=O)/C=C/c5ccc(O)c(O)c5)c(O)c4)oc3c2)C(O)C(O)C1O. The Balaban J connectivity index is 1.18. The van der Waals surface area contributed by atoms with Crippen LogP contribution in [0.3, 0.4) is 0 Å². The van der Waals surface area contributed by atoms with Gasteiger partial charge >= 0.3 is 5.97 Å². The van der Waals surface area contributed by atoms with Crippen LogP contribution in [0, 0.1) is 0 Å². The van der Waals surface area contributed by atoms with Crippen LogP contribution < -0.4 is 19.6 Å². The van der Waals surface area contributed by atoms with Gasteiger partial charge < -0.3 is 104 Å². The van der Waals surface area contributed by atoms with Crippen molar-refractivity contribution in [3.05, 3.63) is 70.4 Å². The molecular formula is C45H52O23. The fraction of sp³-hybridized carbons (Fsp3) is 0.467. The molecule has 0 radical (unpaired) electrons. The number of fused-ring (bicyclic) bond motifs is 1. The van der Waals surface area contributed by atoms with E-state index in [1.807, 2.05) is 0 Å². The summed E-state index contributed by atoms with van der Waals surface area (Å²) in [6, 6.07) is 9.62. The van der Waals surface area contributed by atoms with Crippen molar-refractivity contribution in [1.82, 2.24) is 0 Å². The molecule has 3 fully saturated rings. The summed E-state index contributed by atoms with van der Waals surface area (Å²) in [6.45, 7) is 1.31. The smallest absolute Gasteiger partial charge is 0.336 e. The van der Waals surface area contributed by atoms with E-state index in [9.17, 15) is 76.0 Å². The number of phenols is 4. The average Bonchev–Trinajstić information content (AvgIpc) is 3.30. The molecule has 0 amide bonds. The lowest BCUT2D eigenvalue weighted by Crippen LogP contribution is -2.63. The van der Waals surface area contributed by atoms with Gasteiger partial charge in [0, 0.05) is 30.2 Å². The average molecular weight is 961 g/mol. The number of aliphatic hydroxyl groups excluding tert-OH is 9. The number of carbonyl (C=O) groups is 1. The first-order chi connectivity index (χ1) is 32.3. The molecule has 3 aliphatic heterocycles. The van der Waals surface area contributed by atoms with Gasteiger partial charge in [-0.25, -0.2) is 4.79 Å². The van der Waals surface area contributed by atoms with Crippen LogP contribution in [-0.4, -0.2) is 184 Å². The lowest BCUT2D eigenvalue weighted by molar-refractivity contribution is -0.340. The van der Waals surface area contributed by atoms with Gasteiger partial charge in [0.15, 0.2) is 35.0 Å². The zero-order chi connectivity index (χ0) is 49.3. The summed E-state index contributed by atoms with van der Waals surface area (Å²) in [5.74, 6) is -4.38. The first kappa shape index (κ1) is 50.2. The Labute approximate surface area is 385 Å². The molecule has 4 aromatic rings. The van der Waals surface area contributed by atoms with Crippen molar-refractivity contribution >= 4 is 23.0 Å². The van der Waals surface area contributed by atoms with Crippen LogP contribution in [0.25, 0.3) is 28.4 Å². The number of hydrogen-bond donors (Lipinski definition) is 13. The highest BCUT2D eigenvalue weighted by Crippen LogP contribution is 2.40. The quantitative estimate of drug-likeness (QED) is 0.0299. The van der Waals surface area contributed by atoms with Crippen molar-refractivity contribution in [2.75, 3.05) is 19.8 Å². The summed E-state index contributed by atoms with van der Waals surface area (Å²) in [5.41, 5.74) is -0.942. The summed E-state index contributed by atoms with van der Waals surface area (Å²) in [6.07, 6.45) is -19.9. The molecule has 1 aromatic heterocycles. The summed E-state index contributed by atoms with van der Waals surface area (Å²) in [5, 5.41) is 135. The summed E-state index contributed by atoms with van der Waals surface area (Å²) >= 11 is 0. The highest BCUT2D eigenvalue weighted by Gasteiger charge is 2.50. The minimum atomic E-state index is -1.88. The van der Waals surface area contributed by atoms with E-state index in [0.717, 1.165) is 18.2 Å². The molecule has 3 aromatic carbocycles. The van der Waals surface area contributed by atoms with E-state index in [2.05, 4.69) is 0 Å². The first-order valence-corrected chi connectivity index (χ1v) is 21.3. The Morgan fingerprint density at radius 3 is 2.04 bits per heavy atom. The maximum Gasteiger partial charge on any atom is 0.336 e. The minimum absolute atomic E-state index is 0.0395. The van der Waals surface area contributed by atoms with Gasteiger partial charge in [0.1, 0.15) is 96.2 Å². The topological polar surface area (TPSA) is 375 Å². The predicted octanol–water partition coefficient (Wildman–Crippen LogP) is -1.39. The first-order valence-electron chi connectivity index (χ1n) is 21.3. The minimum Gasteiger partial charge on any atom is -0.507 e. The van der Waals surface area contributed by atoms with Gasteiger partial charge in [-0.2, -0.15) is 0 Å². The number of phenolic OH excluding ortho intramolecular Hbond substituents is 4. The Morgan fingerprint density at radius 2 is 1.35 bits per heavy atom. The van der Waals surface area contributed by atoms with Crippen molar-refractivity contribution in [1.29, 1.82) is 0 Å². The maximum atomic E-state index is 14.3. The number of rotatable bonds is 14. The molecule has 68 heavy (non-hydrogen) atoms. The van der Waals surface area contributed by atoms with E-state index in [4.69, 9.17) is 37.6 Å². The lowest BCUT2D eigenvalue weighted by atomic mass is 9.93. The van der Waals surface area contributed by atoms with E-state index in [1.165, 1.54) is 56.3 Å². The molecule has 15 atom stereocenters. The third-order valence-electron chi connectivity index (χ3n) is 11.8. The van der Waals surface area contributed by atoms with Gasteiger partial charge in [-0.1, -0.05) is 6.07 Å². The Morgan fingerprint density at radius 1 is 0.676 bits per heavy atom. The molecule has 3 saturated heterocycles. The largest absolute Gasteiger partial charge is 0.507 e. The van der Waals surface area contributed by atoms with E-state index < -0.39 is 151 Å². The molecule has 7 rings (SSSR count). The van der Waals surface area contributed by atoms with Crippen LogP contribution in [0.1, 0.15) is 25.8 Å². The Hall–Kier alpha value is -5.64. The number of carbonyl (C=O) groups excluding carboxylic acids is 1. The molecule has 0 bridgehead atoms. The predicted molar refractivity (Wildman–Crippen MR) is 229 cm³/mol. The number of aliphatic hydroxyl groups is 9. The number of esters is 1. The van der Waals surface area contributed by atoms with Gasteiger partial charge in [-0.3, -0.25) is 4.79 Å². The highest BCUT2D eigenvalue weighted by molar-refractivity contribution is 5.90.